The Labute approximate surface area is 112 Å². The predicted octanol–water partition coefficient (Wildman–Crippen LogP) is 2.17. The van der Waals surface area contributed by atoms with E-state index in [0.29, 0.717) is 0 Å². The van der Waals surface area contributed by atoms with Gasteiger partial charge in [0.1, 0.15) is 0 Å². The molecule has 4 nitrogen and oxygen atoms in total. The average Bonchev–Trinajstić information content (AvgIpc) is 2.50. The molecule has 0 spiro atoms. The summed E-state index contributed by atoms with van der Waals surface area (Å²) >= 11 is 0. The topological polar surface area (TPSA) is 67.3 Å². The number of aliphatic hydroxyl groups excluding tert-OH is 1. The summed E-state index contributed by atoms with van der Waals surface area (Å²) in [6.45, 7) is 5.76. The van der Waals surface area contributed by atoms with Crippen LogP contribution in [-0.4, -0.2) is 28.8 Å². The molecule has 1 N–H and O–H groups in total. The van der Waals surface area contributed by atoms with Crippen LogP contribution in [0.3, 0.4) is 0 Å². The molecule has 0 unspecified atom stereocenters. The van der Waals surface area contributed by atoms with E-state index in [2.05, 4.69) is 30.3 Å². The first-order valence-corrected chi connectivity index (χ1v) is 5.66. The molecule has 0 fully saturated rings. The summed E-state index contributed by atoms with van der Waals surface area (Å²) in [5.74, 6) is -0.553. The van der Waals surface area contributed by atoms with Gasteiger partial charge in [0.2, 0.25) is 0 Å². The SMILES string of the molecule is C=C.O=CC(=O)CCO.c1ccc2ncccc2c1. The van der Waals surface area contributed by atoms with E-state index in [1.165, 1.54) is 5.39 Å². The van der Waals surface area contributed by atoms with Crippen molar-refractivity contribution in [2.24, 2.45) is 0 Å². The van der Waals surface area contributed by atoms with Crippen LogP contribution in [0.1, 0.15) is 6.42 Å². The Hall–Kier alpha value is -2.33. The van der Waals surface area contributed by atoms with Crippen LogP contribution in [-0.2, 0) is 9.59 Å². The number of aliphatic hydroxyl groups is 1. The maximum absolute atomic E-state index is 9.88. The minimum Gasteiger partial charge on any atom is -0.396 e. The van der Waals surface area contributed by atoms with Gasteiger partial charge in [-0.3, -0.25) is 14.6 Å². The first kappa shape index (κ1) is 16.7. The van der Waals surface area contributed by atoms with Crippen molar-refractivity contribution >= 4 is 23.0 Å². The second-order valence-electron chi connectivity index (χ2n) is 3.25. The smallest absolute Gasteiger partial charge is 0.197 e. The lowest BCUT2D eigenvalue weighted by atomic mass is 10.2. The molecule has 0 amide bonds. The molecule has 0 aliphatic rings. The Balaban J connectivity index is 0.000000321. The van der Waals surface area contributed by atoms with Crippen LogP contribution in [0.25, 0.3) is 10.9 Å². The minimum absolute atomic E-state index is 0.0521. The van der Waals surface area contributed by atoms with Gasteiger partial charge in [-0.05, 0) is 12.1 Å². The van der Waals surface area contributed by atoms with E-state index in [1.54, 1.807) is 0 Å². The van der Waals surface area contributed by atoms with Gasteiger partial charge >= 0.3 is 0 Å². The van der Waals surface area contributed by atoms with Crippen molar-refractivity contribution in [3.8, 4) is 0 Å². The molecule has 19 heavy (non-hydrogen) atoms. The molecule has 1 aromatic carbocycles. The monoisotopic (exact) mass is 259 g/mol. The van der Waals surface area contributed by atoms with Crippen molar-refractivity contribution in [1.82, 2.24) is 4.98 Å². The van der Waals surface area contributed by atoms with Gasteiger partial charge in [0.15, 0.2) is 12.1 Å². The molecular weight excluding hydrogens is 242 g/mol. The number of carbonyl (C=O) groups is 2. The van der Waals surface area contributed by atoms with Crippen LogP contribution in [0, 0.1) is 0 Å². The number of aromatic nitrogens is 1. The van der Waals surface area contributed by atoms with E-state index < -0.39 is 5.78 Å². The number of benzene rings is 1. The minimum atomic E-state index is -0.553. The van der Waals surface area contributed by atoms with Crippen LogP contribution in [0.15, 0.2) is 55.8 Å². The fourth-order valence-electron chi connectivity index (χ4n) is 1.19. The molecule has 0 radical (unpaired) electrons. The zero-order valence-electron chi connectivity index (χ0n) is 10.7. The quantitative estimate of drug-likeness (QED) is 0.521. The van der Waals surface area contributed by atoms with Crippen LogP contribution < -0.4 is 0 Å². The van der Waals surface area contributed by atoms with Crippen LogP contribution >= 0.6 is 0 Å². The highest BCUT2D eigenvalue weighted by atomic mass is 16.3. The maximum Gasteiger partial charge on any atom is 0.197 e. The number of hydrogen-bond acceptors (Lipinski definition) is 4. The summed E-state index contributed by atoms with van der Waals surface area (Å²) in [7, 11) is 0. The molecule has 0 bridgehead atoms. The Kier molecular flexibility index (Phi) is 9.48. The van der Waals surface area contributed by atoms with E-state index in [1.807, 2.05) is 30.5 Å². The number of hydrogen-bond donors (Lipinski definition) is 1. The first-order chi connectivity index (χ1) is 9.27. The maximum atomic E-state index is 9.88. The molecule has 100 valence electrons. The number of nitrogens with zero attached hydrogens (tertiary/aromatic N) is 1. The van der Waals surface area contributed by atoms with Gasteiger partial charge < -0.3 is 5.11 Å². The van der Waals surface area contributed by atoms with Crippen molar-refractivity contribution in [3.05, 3.63) is 55.8 Å². The van der Waals surface area contributed by atoms with Crippen LogP contribution in [0.2, 0.25) is 0 Å². The van der Waals surface area contributed by atoms with Crippen molar-refractivity contribution in [1.29, 1.82) is 0 Å². The van der Waals surface area contributed by atoms with Crippen molar-refractivity contribution in [2.45, 2.75) is 6.42 Å². The van der Waals surface area contributed by atoms with E-state index in [0.717, 1.165) is 5.52 Å². The van der Waals surface area contributed by atoms with Gasteiger partial charge in [0.25, 0.3) is 0 Å². The number of aldehydes is 1. The number of pyridine rings is 1. The number of carbonyl (C=O) groups excluding carboxylic acids is 2. The number of para-hydroxylation sites is 1. The first-order valence-electron chi connectivity index (χ1n) is 5.66. The summed E-state index contributed by atoms with van der Waals surface area (Å²) < 4.78 is 0. The Morgan fingerprint density at radius 1 is 1.21 bits per heavy atom. The highest BCUT2D eigenvalue weighted by Gasteiger charge is 1.93. The Bertz CT molecular complexity index is 446. The van der Waals surface area contributed by atoms with Gasteiger partial charge in [-0.2, -0.15) is 0 Å². The molecule has 0 aliphatic heterocycles. The average molecular weight is 259 g/mol. The summed E-state index contributed by atoms with van der Waals surface area (Å²) in [4.78, 5) is 23.5. The molecule has 0 atom stereocenters. The third-order valence-corrected chi connectivity index (χ3v) is 2.00. The van der Waals surface area contributed by atoms with Gasteiger partial charge in [-0.1, -0.05) is 24.3 Å². The number of Topliss-reactive ketones (excluding diaryl/α,β-unsaturated/α-hetero) is 1. The van der Waals surface area contributed by atoms with Crippen molar-refractivity contribution in [2.75, 3.05) is 6.61 Å². The van der Waals surface area contributed by atoms with Crippen molar-refractivity contribution < 1.29 is 14.7 Å². The molecule has 0 aliphatic carbocycles. The number of fused-ring (bicyclic) bond motifs is 1. The van der Waals surface area contributed by atoms with E-state index >= 15 is 0 Å². The van der Waals surface area contributed by atoms with Crippen LogP contribution in [0.4, 0.5) is 0 Å². The summed E-state index contributed by atoms with van der Waals surface area (Å²) in [6.07, 6.45) is 1.96. The fraction of sp³-hybridized carbons (Fsp3) is 0.133. The second-order valence-corrected chi connectivity index (χ2v) is 3.25. The largest absolute Gasteiger partial charge is 0.396 e. The van der Waals surface area contributed by atoms with Crippen molar-refractivity contribution in [3.63, 3.8) is 0 Å². The summed E-state index contributed by atoms with van der Waals surface area (Å²) in [5.41, 5.74) is 1.06. The lowest BCUT2D eigenvalue weighted by Crippen LogP contribution is -2.00. The highest BCUT2D eigenvalue weighted by Crippen LogP contribution is 2.07. The fourth-order valence-corrected chi connectivity index (χ4v) is 1.19. The summed E-state index contributed by atoms with van der Waals surface area (Å²) in [6, 6.07) is 12.1. The molecule has 4 heteroatoms. The van der Waals surface area contributed by atoms with Crippen LogP contribution in [0.5, 0.6) is 0 Å². The number of ketones is 1. The third kappa shape index (κ3) is 6.85. The molecule has 1 heterocycles. The number of rotatable bonds is 3. The highest BCUT2D eigenvalue weighted by molar-refractivity contribution is 6.24. The lowest BCUT2D eigenvalue weighted by Gasteiger charge is -1.91. The molecule has 2 rings (SSSR count). The zero-order chi connectivity index (χ0) is 14.5. The van der Waals surface area contributed by atoms with Gasteiger partial charge in [-0.15, -0.1) is 13.2 Å². The predicted molar refractivity (Wildman–Crippen MR) is 75.8 cm³/mol. The van der Waals surface area contributed by atoms with E-state index in [4.69, 9.17) is 5.11 Å². The van der Waals surface area contributed by atoms with E-state index in [9.17, 15) is 9.59 Å². The van der Waals surface area contributed by atoms with E-state index in [-0.39, 0.29) is 19.3 Å². The second kappa shape index (κ2) is 10.8. The van der Waals surface area contributed by atoms with Gasteiger partial charge in [-0.25, -0.2) is 0 Å². The zero-order valence-corrected chi connectivity index (χ0v) is 10.7. The molecule has 1 aromatic heterocycles. The standard InChI is InChI=1S/C9H7N.C4H6O3.C2H4/c1-2-6-9-8(4-1)5-3-7-10-9;5-2-1-4(7)3-6;1-2/h1-7H;3,5H,1-2H2;1-2H2. The molecule has 0 saturated heterocycles. The third-order valence-electron chi connectivity index (χ3n) is 2.00. The molecule has 0 saturated carbocycles. The van der Waals surface area contributed by atoms with Gasteiger partial charge in [0, 0.05) is 18.0 Å². The Morgan fingerprint density at radius 3 is 2.37 bits per heavy atom. The van der Waals surface area contributed by atoms with Gasteiger partial charge in [0.05, 0.1) is 12.1 Å². The lowest BCUT2D eigenvalue weighted by molar-refractivity contribution is -0.130. The summed E-state index contributed by atoms with van der Waals surface area (Å²) in [5, 5.41) is 9.19. The normalized spacial score (nSPS) is 8.47. The Morgan fingerprint density at radius 2 is 1.84 bits per heavy atom. The molecule has 2 aromatic rings. The molecular formula is C15H17NO3.